The van der Waals surface area contributed by atoms with Gasteiger partial charge in [0, 0.05) is 0 Å². The van der Waals surface area contributed by atoms with Crippen LogP contribution in [0.1, 0.15) is 58.8 Å². The lowest BCUT2D eigenvalue weighted by Crippen LogP contribution is -2.58. The molecule has 1 rings (SSSR count). The molecule has 18 heavy (non-hydrogen) atoms. The Balaban J connectivity index is 2.95. The highest BCUT2D eigenvalue weighted by Crippen LogP contribution is 2.28. The summed E-state index contributed by atoms with van der Waals surface area (Å²) in [6.07, 6.45) is 6.82. The molecular weight excluding hydrogens is 268 g/mol. The topological polar surface area (TPSA) is 72.2 Å². The van der Waals surface area contributed by atoms with Crippen molar-refractivity contribution in [1.82, 2.24) is 4.72 Å². The predicted molar refractivity (Wildman–Crippen MR) is 79.0 cm³/mol. The Morgan fingerprint density at radius 3 is 2.00 bits per heavy atom. The smallest absolute Gasteiger partial charge is 0.214 e. The SMILES string of the molecule is CC(C)S(=O)(=O)NC1(C(N)=S)CCCCCCC1. The molecule has 0 saturated heterocycles. The van der Waals surface area contributed by atoms with Gasteiger partial charge in [0.25, 0.3) is 0 Å². The Hall–Kier alpha value is -0.200. The van der Waals surface area contributed by atoms with Gasteiger partial charge in [-0.2, -0.15) is 0 Å². The summed E-state index contributed by atoms with van der Waals surface area (Å²) in [4.78, 5) is 0.286. The molecule has 0 bridgehead atoms. The Kier molecular flexibility index (Phi) is 5.55. The van der Waals surface area contributed by atoms with Crippen molar-refractivity contribution in [3.05, 3.63) is 0 Å². The zero-order chi connectivity index (χ0) is 13.8. The first-order valence-corrected chi connectivity index (χ1v) is 8.58. The summed E-state index contributed by atoms with van der Waals surface area (Å²) in [5.74, 6) is 0. The molecule has 0 amide bonds. The van der Waals surface area contributed by atoms with E-state index in [9.17, 15) is 8.42 Å². The van der Waals surface area contributed by atoms with Gasteiger partial charge in [0.2, 0.25) is 10.0 Å². The van der Waals surface area contributed by atoms with Gasteiger partial charge in [-0.1, -0.05) is 44.3 Å². The fourth-order valence-electron chi connectivity index (χ4n) is 2.30. The molecular formula is C12H24N2O2S2. The quantitative estimate of drug-likeness (QED) is 0.778. The summed E-state index contributed by atoms with van der Waals surface area (Å²) >= 11 is 5.14. The van der Waals surface area contributed by atoms with Crippen LogP contribution in [-0.4, -0.2) is 24.2 Å². The van der Waals surface area contributed by atoms with Gasteiger partial charge in [0.1, 0.15) is 0 Å². The van der Waals surface area contributed by atoms with Gasteiger partial charge >= 0.3 is 0 Å². The van der Waals surface area contributed by atoms with Gasteiger partial charge in [-0.25, -0.2) is 13.1 Å². The molecule has 1 aliphatic carbocycles. The number of hydrogen-bond acceptors (Lipinski definition) is 3. The molecule has 0 aromatic heterocycles. The van der Waals surface area contributed by atoms with E-state index >= 15 is 0 Å². The van der Waals surface area contributed by atoms with Crippen LogP contribution < -0.4 is 10.5 Å². The van der Waals surface area contributed by atoms with Crippen LogP contribution in [0.25, 0.3) is 0 Å². The predicted octanol–water partition coefficient (Wildman–Crippen LogP) is 2.08. The van der Waals surface area contributed by atoms with Gasteiger partial charge in [-0.05, 0) is 26.7 Å². The number of nitrogens with one attached hydrogen (secondary N) is 1. The fourth-order valence-corrected chi connectivity index (χ4v) is 3.71. The van der Waals surface area contributed by atoms with E-state index < -0.39 is 20.8 Å². The van der Waals surface area contributed by atoms with Crippen LogP contribution in [0.2, 0.25) is 0 Å². The summed E-state index contributed by atoms with van der Waals surface area (Å²) in [6.45, 7) is 3.33. The minimum Gasteiger partial charge on any atom is -0.392 e. The van der Waals surface area contributed by atoms with Crippen LogP contribution in [0.3, 0.4) is 0 Å². The molecule has 106 valence electrons. The van der Waals surface area contributed by atoms with Gasteiger partial charge in [0.05, 0.1) is 15.8 Å². The molecule has 0 aliphatic heterocycles. The first kappa shape index (κ1) is 15.9. The van der Waals surface area contributed by atoms with Crippen LogP contribution in [-0.2, 0) is 10.0 Å². The molecule has 0 atom stereocenters. The monoisotopic (exact) mass is 292 g/mol. The second-order valence-corrected chi connectivity index (χ2v) is 8.09. The molecule has 4 nitrogen and oxygen atoms in total. The van der Waals surface area contributed by atoms with Crippen molar-refractivity contribution in [3.63, 3.8) is 0 Å². The summed E-state index contributed by atoms with van der Waals surface area (Å²) in [7, 11) is -3.35. The molecule has 0 radical (unpaired) electrons. The summed E-state index contributed by atoms with van der Waals surface area (Å²) < 4.78 is 26.9. The molecule has 0 unspecified atom stereocenters. The maximum atomic E-state index is 12.1. The molecule has 0 aromatic rings. The lowest BCUT2D eigenvalue weighted by atomic mass is 9.85. The maximum absolute atomic E-state index is 12.1. The van der Waals surface area contributed by atoms with E-state index in [-0.39, 0.29) is 4.99 Å². The second-order valence-electron chi connectivity index (χ2n) is 5.41. The van der Waals surface area contributed by atoms with E-state index in [1.165, 1.54) is 6.42 Å². The zero-order valence-corrected chi connectivity index (χ0v) is 12.9. The Morgan fingerprint density at radius 1 is 1.17 bits per heavy atom. The van der Waals surface area contributed by atoms with Gasteiger partial charge < -0.3 is 5.73 Å². The van der Waals surface area contributed by atoms with Crippen molar-refractivity contribution in [2.45, 2.75) is 69.6 Å². The highest BCUT2D eigenvalue weighted by molar-refractivity contribution is 7.90. The molecule has 0 aromatic carbocycles. The molecule has 1 fully saturated rings. The Labute approximate surface area is 116 Å². The lowest BCUT2D eigenvalue weighted by molar-refractivity contribution is 0.371. The molecule has 6 heteroatoms. The number of rotatable bonds is 4. The lowest BCUT2D eigenvalue weighted by Gasteiger charge is -2.35. The average molecular weight is 292 g/mol. The zero-order valence-electron chi connectivity index (χ0n) is 11.2. The van der Waals surface area contributed by atoms with Crippen LogP contribution in [0.15, 0.2) is 0 Å². The van der Waals surface area contributed by atoms with Crippen molar-refractivity contribution in [1.29, 1.82) is 0 Å². The highest BCUT2D eigenvalue weighted by atomic mass is 32.2. The molecule has 0 heterocycles. The molecule has 0 spiro atoms. The number of sulfonamides is 1. The molecule has 1 aliphatic rings. The van der Waals surface area contributed by atoms with E-state index in [1.807, 2.05) is 0 Å². The highest BCUT2D eigenvalue weighted by Gasteiger charge is 2.38. The largest absolute Gasteiger partial charge is 0.392 e. The van der Waals surface area contributed by atoms with Gasteiger partial charge in [-0.3, -0.25) is 0 Å². The van der Waals surface area contributed by atoms with Crippen LogP contribution in [0, 0.1) is 0 Å². The standard InChI is InChI=1S/C12H24N2O2S2/c1-10(2)18(15,16)14-12(11(13)17)8-6-4-3-5-7-9-12/h10,14H,3-9H2,1-2H3,(H2,13,17). The summed E-state index contributed by atoms with van der Waals surface area (Å²) in [5, 5.41) is -0.464. The van der Waals surface area contributed by atoms with Crippen LogP contribution in [0.4, 0.5) is 0 Å². The van der Waals surface area contributed by atoms with E-state index in [2.05, 4.69) is 4.72 Å². The third-order valence-corrected chi connectivity index (χ3v) is 5.94. The Bertz CT molecular complexity index is 383. The maximum Gasteiger partial charge on any atom is 0.214 e. The molecule has 1 saturated carbocycles. The van der Waals surface area contributed by atoms with E-state index in [1.54, 1.807) is 13.8 Å². The third-order valence-electron chi connectivity index (χ3n) is 3.64. The first-order valence-electron chi connectivity index (χ1n) is 6.63. The van der Waals surface area contributed by atoms with Crippen molar-refractivity contribution in [3.8, 4) is 0 Å². The normalized spacial score (nSPS) is 21.3. The van der Waals surface area contributed by atoms with E-state index in [4.69, 9.17) is 18.0 Å². The van der Waals surface area contributed by atoms with Crippen LogP contribution >= 0.6 is 12.2 Å². The number of hydrogen-bond donors (Lipinski definition) is 2. The second kappa shape index (κ2) is 6.30. The number of nitrogens with two attached hydrogens (primary N) is 1. The first-order chi connectivity index (χ1) is 8.30. The van der Waals surface area contributed by atoms with E-state index in [0.29, 0.717) is 12.8 Å². The third kappa shape index (κ3) is 3.90. The Morgan fingerprint density at radius 2 is 1.61 bits per heavy atom. The summed E-state index contributed by atoms with van der Waals surface area (Å²) in [6, 6.07) is 0. The van der Waals surface area contributed by atoms with Crippen LogP contribution in [0.5, 0.6) is 0 Å². The van der Waals surface area contributed by atoms with Crippen molar-refractivity contribution in [2.75, 3.05) is 0 Å². The van der Waals surface area contributed by atoms with Gasteiger partial charge in [0.15, 0.2) is 0 Å². The van der Waals surface area contributed by atoms with Crippen molar-refractivity contribution >= 4 is 27.2 Å². The van der Waals surface area contributed by atoms with Crippen molar-refractivity contribution < 1.29 is 8.42 Å². The minimum atomic E-state index is -3.35. The van der Waals surface area contributed by atoms with Gasteiger partial charge in [-0.15, -0.1) is 0 Å². The summed E-state index contributed by atoms with van der Waals surface area (Å²) in [5.41, 5.74) is 5.12. The molecule has 3 N–H and O–H groups in total. The average Bonchev–Trinajstić information content (AvgIpc) is 2.21. The van der Waals surface area contributed by atoms with Crippen molar-refractivity contribution in [2.24, 2.45) is 5.73 Å². The van der Waals surface area contributed by atoms with E-state index in [0.717, 1.165) is 25.7 Å². The minimum absolute atomic E-state index is 0.286. The fraction of sp³-hybridized carbons (Fsp3) is 0.917. The number of thiocarbonyl (C=S) groups is 1.